The van der Waals surface area contributed by atoms with Crippen LogP contribution in [-0.4, -0.2) is 6.21 Å². The third kappa shape index (κ3) is 4.50. The molecule has 132 valence electrons. The van der Waals surface area contributed by atoms with Gasteiger partial charge in [0.2, 0.25) is 0 Å². The number of rotatable bonds is 5. The second kappa shape index (κ2) is 8.15. The van der Waals surface area contributed by atoms with Crippen LogP contribution in [0.15, 0.2) is 65.7 Å². The lowest BCUT2D eigenvalue weighted by Gasteiger charge is -2.10. The van der Waals surface area contributed by atoms with Crippen molar-refractivity contribution < 1.29 is 9.13 Å². The molecule has 4 heteroatoms. The number of aryl methyl sites for hydroxylation is 2. The zero-order valence-corrected chi connectivity index (χ0v) is 15.4. The molecule has 0 aliphatic rings. The first-order chi connectivity index (χ1) is 12.5. The number of nitrogens with zero attached hydrogens (tertiary/aromatic N) is 1. The van der Waals surface area contributed by atoms with Crippen LogP contribution in [0.4, 0.5) is 10.1 Å². The largest absolute Gasteiger partial charge is 0.488 e. The first-order valence-corrected chi connectivity index (χ1v) is 8.68. The quantitative estimate of drug-likeness (QED) is 0.476. The summed E-state index contributed by atoms with van der Waals surface area (Å²) in [6, 6.07) is 17.9. The first-order valence-electron chi connectivity index (χ1n) is 8.30. The molecular weight excluding hydrogens is 349 g/mol. The molecule has 0 bridgehead atoms. The standard InChI is InChI=1S/C22H19ClFNO/c1-15-7-9-21(16(2)11-15)25-13-18-12-19(23)8-10-22(18)26-14-17-5-3-4-6-20(17)24/h3-13H,14H2,1-2H3. The van der Waals surface area contributed by atoms with Crippen molar-refractivity contribution in [3.8, 4) is 5.75 Å². The van der Waals surface area contributed by atoms with Gasteiger partial charge in [0.15, 0.2) is 0 Å². The Morgan fingerprint density at radius 3 is 2.62 bits per heavy atom. The van der Waals surface area contributed by atoms with Gasteiger partial charge < -0.3 is 4.74 Å². The molecule has 0 amide bonds. The molecular formula is C22H19ClFNO. The third-order valence-electron chi connectivity index (χ3n) is 4.01. The van der Waals surface area contributed by atoms with Crippen molar-refractivity contribution in [2.24, 2.45) is 4.99 Å². The highest BCUT2D eigenvalue weighted by molar-refractivity contribution is 6.30. The summed E-state index contributed by atoms with van der Waals surface area (Å²) in [5.41, 5.74) is 4.42. The Balaban J connectivity index is 1.84. The van der Waals surface area contributed by atoms with E-state index >= 15 is 0 Å². The predicted octanol–water partition coefficient (Wildman–Crippen LogP) is 6.43. The van der Waals surface area contributed by atoms with E-state index in [1.165, 1.54) is 11.6 Å². The molecule has 0 atom stereocenters. The smallest absolute Gasteiger partial charge is 0.129 e. The molecule has 3 rings (SSSR count). The van der Waals surface area contributed by atoms with Gasteiger partial charge in [0.1, 0.15) is 18.2 Å². The van der Waals surface area contributed by atoms with Crippen LogP contribution in [0.5, 0.6) is 5.75 Å². The zero-order valence-electron chi connectivity index (χ0n) is 14.7. The summed E-state index contributed by atoms with van der Waals surface area (Å²) in [6.07, 6.45) is 1.72. The molecule has 0 heterocycles. The van der Waals surface area contributed by atoms with Gasteiger partial charge in [-0.3, -0.25) is 4.99 Å². The highest BCUT2D eigenvalue weighted by Gasteiger charge is 2.06. The average Bonchev–Trinajstić information content (AvgIpc) is 2.61. The zero-order chi connectivity index (χ0) is 18.5. The fraction of sp³-hybridized carbons (Fsp3) is 0.136. The van der Waals surface area contributed by atoms with Crippen molar-refractivity contribution in [2.45, 2.75) is 20.5 Å². The van der Waals surface area contributed by atoms with Gasteiger partial charge in [-0.1, -0.05) is 47.5 Å². The molecule has 3 aromatic carbocycles. The predicted molar refractivity (Wildman–Crippen MR) is 105 cm³/mol. The summed E-state index contributed by atoms with van der Waals surface area (Å²) in [4.78, 5) is 4.55. The minimum atomic E-state index is -0.285. The van der Waals surface area contributed by atoms with E-state index in [4.69, 9.17) is 16.3 Å². The van der Waals surface area contributed by atoms with Gasteiger partial charge in [-0.15, -0.1) is 0 Å². The normalized spacial score (nSPS) is 11.1. The van der Waals surface area contributed by atoms with Crippen LogP contribution in [0.25, 0.3) is 0 Å². The van der Waals surface area contributed by atoms with E-state index in [1.807, 2.05) is 26.0 Å². The Kier molecular flexibility index (Phi) is 5.69. The summed E-state index contributed by atoms with van der Waals surface area (Å²) in [5, 5.41) is 0.588. The van der Waals surface area contributed by atoms with Crippen LogP contribution >= 0.6 is 11.6 Å². The van der Waals surface area contributed by atoms with Gasteiger partial charge >= 0.3 is 0 Å². The Bertz CT molecular complexity index is 953. The topological polar surface area (TPSA) is 21.6 Å². The molecule has 0 aromatic heterocycles. The summed E-state index contributed by atoms with van der Waals surface area (Å²) in [6.45, 7) is 4.21. The number of benzene rings is 3. The van der Waals surface area contributed by atoms with E-state index in [2.05, 4.69) is 11.1 Å². The number of aliphatic imine (C=N–C) groups is 1. The molecule has 0 N–H and O–H groups in total. The molecule has 0 fully saturated rings. The lowest BCUT2D eigenvalue weighted by Crippen LogP contribution is -2.00. The summed E-state index contributed by atoms with van der Waals surface area (Å²) < 4.78 is 19.6. The van der Waals surface area contributed by atoms with Crippen LogP contribution in [0.1, 0.15) is 22.3 Å². The second-order valence-electron chi connectivity index (χ2n) is 6.11. The van der Waals surface area contributed by atoms with Gasteiger partial charge in [0, 0.05) is 22.4 Å². The fourth-order valence-electron chi connectivity index (χ4n) is 2.61. The molecule has 0 saturated heterocycles. The molecule has 26 heavy (non-hydrogen) atoms. The first kappa shape index (κ1) is 18.2. The Labute approximate surface area is 157 Å². The fourth-order valence-corrected chi connectivity index (χ4v) is 2.79. The van der Waals surface area contributed by atoms with Crippen LogP contribution in [-0.2, 0) is 6.61 Å². The Hall–Kier alpha value is -2.65. The third-order valence-corrected chi connectivity index (χ3v) is 4.24. The maximum Gasteiger partial charge on any atom is 0.129 e. The van der Waals surface area contributed by atoms with Crippen molar-refractivity contribution in [1.29, 1.82) is 0 Å². The van der Waals surface area contributed by atoms with Crippen LogP contribution in [0.2, 0.25) is 5.02 Å². The minimum absolute atomic E-state index is 0.138. The molecule has 0 radical (unpaired) electrons. The van der Waals surface area contributed by atoms with Crippen molar-refractivity contribution in [2.75, 3.05) is 0 Å². The molecule has 3 aromatic rings. The van der Waals surface area contributed by atoms with E-state index < -0.39 is 0 Å². The van der Waals surface area contributed by atoms with Gasteiger partial charge in [-0.25, -0.2) is 4.39 Å². The average molecular weight is 368 g/mol. The van der Waals surface area contributed by atoms with Crippen LogP contribution in [0, 0.1) is 19.7 Å². The maximum atomic E-state index is 13.8. The van der Waals surface area contributed by atoms with Gasteiger partial charge in [0.25, 0.3) is 0 Å². The van der Waals surface area contributed by atoms with E-state index in [0.29, 0.717) is 16.3 Å². The Morgan fingerprint density at radius 1 is 1.04 bits per heavy atom. The SMILES string of the molecule is Cc1ccc(N=Cc2cc(Cl)ccc2OCc2ccccc2F)c(C)c1. The molecule has 2 nitrogen and oxygen atoms in total. The molecule has 0 aliphatic carbocycles. The molecule has 0 spiro atoms. The van der Waals surface area contributed by atoms with E-state index in [9.17, 15) is 4.39 Å². The number of ether oxygens (including phenoxy) is 1. The lowest BCUT2D eigenvalue weighted by molar-refractivity contribution is 0.299. The minimum Gasteiger partial charge on any atom is -0.488 e. The highest BCUT2D eigenvalue weighted by Crippen LogP contribution is 2.25. The Morgan fingerprint density at radius 2 is 1.85 bits per heavy atom. The van der Waals surface area contributed by atoms with Crippen molar-refractivity contribution in [3.63, 3.8) is 0 Å². The number of halogens is 2. The summed E-state index contributed by atoms with van der Waals surface area (Å²) in [7, 11) is 0. The van der Waals surface area contributed by atoms with Gasteiger partial charge in [0.05, 0.1) is 5.69 Å². The summed E-state index contributed by atoms with van der Waals surface area (Å²) >= 11 is 6.12. The van der Waals surface area contributed by atoms with Crippen molar-refractivity contribution in [1.82, 2.24) is 0 Å². The lowest BCUT2D eigenvalue weighted by atomic mass is 10.1. The van der Waals surface area contributed by atoms with Gasteiger partial charge in [-0.2, -0.15) is 0 Å². The van der Waals surface area contributed by atoms with Crippen LogP contribution in [0.3, 0.4) is 0 Å². The van der Waals surface area contributed by atoms with Crippen molar-refractivity contribution in [3.05, 3.63) is 93.8 Å². The van der Waals surface area contributed by atoms with Crippen molar-refractivity contribution >= 4 is 23.5 Å². The van der Waals surface area contributed by atoms with E-state index in [0.717, 1.165) is 16.8 Å². The maximum absolute atomic E-state index is 13.8. The number of hydrogen-bond acceptors (Lipinski definition) is 2. The van der Waals surface area contributed by atoms with Gasteiger partial charge in [-0.05, 0) is 49.7 Å². The molecule has 0 saturated carbocycles. The van der Waals surface area contributed by atoms with E-state index in [1.54, 1.807) is 42.6 Å². The number of hydrogen-bond donors (Lipinski definition) is 0. The molecule has 0 aliphatic heterocycles. The monoisotopic (exact) mass is 367 g/mol. The second-order valence-corrected chi connectivity index (χ2v) is 6.55. The summed E-state index contributed by atoms with van der Waals surface area (Å²) in [5.74, 6) is 0.318. The van der Waals surface area contributed by atoms with E-state index in [-0.39, 0.29) is 12.4 Å². The van der Waals surface area contributed by atoms with Crippen LogP contribution < -0.4 is 4.74 Å². The molecule has 0 unspecified atom stereocenters. The highest BCUT2D eigenvalue weighted by atomic mass is 35.5.